The van der Waals surface area contributed by atoms with E-state index in [9.17, 15) is 14.9 Å². The number of nitrogens with one attached hydrogen (secondary N) is 1. The number of anilines is 1. The number of nitro groups is 1. The van der Waals surface area contributed by atoms with Crippen molar-refractivity contribution < 1.29 is 14.5 Å². The van der Waals surface area contributed by atoms with Gasteiger partial charge >= 0.3 is 0 Å². The number of amides is 1. The molecule has 0 aliphatic carbocycles. The second kappa shape index (κ2) is 8.07. The first kappa shape index (κ1) is 17.4. The molecule has 0 saturated carbocycles. The van der Waals surface area contributed by atoms with Crippen molar-refractivity contribution in [1.82, 2.24) is 4.90 Å². The molecular weight excluding hydrogens is 310 g/mol. The Balaban J connectivity index is 1.91. The summed E-state index contributed by atoms with van der Waals surface area (Å²) in [5.74, 6) is 0.530. The zero-order valence-corrected chi connectivity index (χ0v) is 13.6. The maximum Gasteiger partial charge on any atom is 0.271 e. The van der Waals surface area contributed by atoms with E-state index in [2.05, 4.69) is 5.32 Å². The molecule has 1 N–H and O–H groups in total. The second-order valence-corrected chi connectivity index (χ2v) is 5.38. The van der Waals surface area contributed by atoms with E-state index in [1.807, 2.05) is 36.2 Å². The average Bonchev–Trinajstić information content (AvgIpc) is 2.54. The van der Waals surface area contributed by atoms with Crippen LogP contribution in [0.2, 0.25) is 0 Å². The highest BCUT2D eigenvalue weighted by molar-refractivity contribution is 5.92. The molecule has 0 fully saturated rings. The van der Waals surface area contributed by atoms with Crippen molar-refractivity contribution in [3.05, 3.63) is 64.2 Å². The number of nitro benzene ring substituents is 1. The Bertz CT molecular complexity index is 733. The smallest absolute Gasteiger partial charge is 0.271 e. The van der Waals surface area contributed by atoms with Crippen LogP contribution in [0.15, 0.2) is 48.5 Å². The van der Waals surface area contributed by atoms with Gasteiger partial charge in [-0.15, -0.1) is 0 Å². The summed E-state index contributed by atoms with van der Waals surface area (Å²) in [5, 5.41) is 13.4. The van der Waals surface area contributed by atoms with Crippen molar-refractivity contribution in [2.24, 2.45) is 0 Å². The topological polar surface area (TPSA) is 84.7 Å². The zero-order valence-electron chi connectivity index (χ0n) is 13.6. The minimum Gasteiger partial charge on any atom is -0.497 e. The van der Waals surface area contributed by atoms with E-state index in [1.54, 1.807) is 13.2 Å². The van der Waals surface area contributed by atoms with Crippen molar-refractivity contribution in [2.45, 2.75) is 6.54 Å². The predicted octanol–water partition coefficient (Wildman–Crippen LogP) is 2.67. The van der Waals surface area contributed by atoms with E-state index in [0.29, 0.717) is 12.2 Å². The molecule has 0 heterocycles. The van der Waals surface area contributed by atoms with Crippen LogP contribution in [0.5, 0.6) is 5.75 Å². The number of hydrogen-bond acceptors (Lipinski definition) is 5. The Kier molecular flexibility index (Phi) is 5.86. The SMILES string of the molecule is COc1cccc(CN(C)CC(=O)Nc2cccc([N+](=O)[O-])c2)c1. The second-order valence-electron chi connectivity index (χ2n) is 5.38. The van der Waals surface area contributed by atoms with Crippen LogP contribution >= 0.6 is 0 Å². The van der Waals surface area contributed by atoms with Gasteiger partial charge in [-0.25, -0.2) is 0 Å². The molecule has 2 rings (SSSR count). The van der Waals surface area contributed by atoms with Crippen LogP contribution in [0.3, 0.4) is 0 Å². The zero-order chi connectivity index (χ0) is 17.5. The summed E-state index contributed by atoms with van der Waals surface area (Å²) in [6, 6.07) is 13.5. The van der Waals surface area contributed by atoms with Gasteiger partial charge in [0.15, 0.2) is 0 Å². The number of ether oxygens (including phenoxy) is 1. The number of methoxy groups -OCH3 is 1. The van der Waals surface area contributed by atoms with Gasteiger partial charge in [0.2, 0.25) is 5.91 Å². The molecular formula is C17H19N3O4. The van der Waals surface area contributed by atoms with Crippen LogP contribution in [0.4, 0.5) is 11.4 Å². The summed E-state index contributed by atoms with van der Waals surface area (Å²) in [4.78, 5) is 24.2. The number of carbonyl (C=O) groups excluding carboxylic acids is 1. The van der Waals surface area contributed by atoms with Crippen LogP contribution in [-0.4, -0.2) is 36.4 Å². The molecule has 0 radical (unpaired) electrons. The van der Waals surface area contributed by atoms with Gasteiger partial charge in [0.25, 0.3) is 5.69 Å². The molecule has 0 saturated heterocycles. The fourth-order valence-electron chi connectivity index (χ4n) is 2.28. The van der Waals surface area contributed by atoms with Gasteiger partial charge in [-0.05, 0) is 30.8 Å². The lowest BCUT2D eigenvalue weighted by Crippen LogP contribution is -2.29. The van der Waals surface area contributed by atoms with Crippen LogP contribution in [-0.2, 0) is 11.3 Å². The van der Waals surface area contributed by atoms with Crippen molar-refractivity contribution in [3.63, 3.8) is 0 Å². The third kappa shape index (κ3) is 5.06. The normalized spacial score (nSPS) is 10.5. The van der Waals surface area contributed by atoms with Crippen LogP contribution in [0.25, 0.3) is 0 Å². The van der Waals surface area contributed by atoms with Gasteiger partial charge in [0, 0.05) is 24.4 Å². The van der Waals surface area contributed by atoms with Crippen molar-refractivity contribution in [3.8, 4) is 5.75 Å². The average molecular weight is 329 g/mol. The number of nitrogens with zero attached hydrogens (tertiary/aromatic N) is 2. The molecule has 2 aromatic carbocycles. The lowest BCUT2D eigenvalue weighted by Gasteiger charge is -2.16. The number of non-ortho nitro benzene ring substituents is 1. The number of benzene rings is 2. The molecule has 0 bridgehead atoms. The number of likely N-dealkylation sites (N-methyl/N-ethyl adjacent to an activating group) is 1. The van der Waals surface area contributed by atoms with Crippen LogP contribution in [0.1, 0.15) is 5.56 Å². The molecule has 0 aliphatic rings. The highest BCUT2D eigenvalue weighted by Crippen LogP contribution is 2.17. The molecule has 0 atom stereocenters. The summed E-state index contributed by atoms with van der Waals surface area (Å²) < 4.78 is 5.17. The minimum atomic E-state index is -0.495. The summed E-state index contributed by atoms with van der Waals surface area (Å²) in [5.41, 5.74) is 1.38. The van der Waals surface area contributed by atoms with E-state index in [-0.39, 0.29) is 18.1 Å². The monoisotopic (exact) mass is 329 g/mol. The molecule has 2 aromatic rings. The summed E-state index contributed by atoms with van der Waals surface area (Å²) >= 11 is 0. The lowest BCUT2D eigenvalue weighted by atomic mass is 10.2. The molecule has 0 aliphatic heterocycles. The first-order valence-electron chi connectivity index (χ1n) is 7.33. The first-order valence-corrected chi connectivity index (χ1v) is 7.33. The molecule has 1 amide bonds. The summed E-state index contributed by atoms with van der Waals surface area (Å²) in [7, 11) is 3.43. The van der Waals surface area contributed by atoms with Gasteiger partial charge in [-0.1, -0.05) is 18.2 Å². The van der Waals surface area contributed by atoms with E-state index < -0.39 is 4.92 Å². The molecule has 7 nitrogen and oxygen atoms in total. The van der Waals surface area contributed by atoms with Crippen molar-refractivity contribution in [1.29, 1.82) is 0 Å². The quantitative estimate of drug-likeness (QED) is 0.623. The Morgan fingerprint density at radius 2 is 2.00 bits per heavy atom. The fraction of sp³-hybridized carbons (Fsp3) is 0.235. The summed E-state index contributed by atoms with van der Waals surface area (Å²) in [6.45, 7) is 0.749. The van der Waals surface area contributed by atoms with Gasteiger partial charge in [-0.3, -0.25) is 19.8 Å². The Hall–Kier alpha value is -2.93. The third-order valence-electron chi connectivity index (χ3n) is 3.34. The van der Waals surface area contributed by atoms with Gasteiger partial charge < -0.3 is 10.1 Å². The first-order chi connectivity index (χ1) is 11.5. The van der Waals surface area contributed by atoms with Crippen molar-refractivity contribution >= 4 is 17.3 Å². The molecule has 0 unspecified atom stereocenters. The maximum atomic E-state index is 12.1. The Morgan fingerprint density at radius 3 is 2.71 bits per heavy atom. The highest BCUT2D eigenvalue weighted by atomic mass is 16.6. The highest BCUT2D eigenvalue weighted by Gasteiger charge is 2.10. The van der Waals surface area contributed by atoms with E-state index >= 15 is 0 Å². The standard InChI is InChI=1S/C17H19N3O4/c1-19(11-13-5-3-8-16(9-13)24-2)12-17(21)18-14-6-4-7-15(10-14)20(22)23/h3-10H,11-12H2,1-2H3,(H,18,21). The van der Waals surface area contributed by atoms with Gasteiger partial charge in [0.1, 0.15) is 5.75 Å². The minimum absolute atomic E-state index is 0.0578. The number of rotatable bonds is 7. The lowest BCUT2D eigenvalue weighted by molar-refractivity contribution is -0.384. The van der Waals surface area contributed by atoms with E-state index in [0.717, 1.165) is 11.3 Å². The van der Waals surface area contributed by atoms with E-state index in [1.165, 1.54) is 18.2 Å². The molecule has 126 valence electrons. The van der Waals surface area contributed by atoms with Gasteiger partial charge in [-0.2, -0.15) is 0 Å². The fourth-order valence-corrected chi connectivity index (χ4v) is 2.28. The molecule has 7 heteroatoms. The third-order valence-corrected chi connectivity index (χ3v) is 3.34. The summed E-state index contributed by atoms with van der Waals surface area (Å²) in [6.07, 6.45) is 0. The molecule has 0 aromatic heterocycles. The Labute approximate surface area is 140 Å². The van der Waals surface area contributed by atoms with Gasteiger partial charge in [0.05, 0.1) is 18.6 Å². The van der Waals surface area contributed by atoms with E-state index in [4.69, 9.17) is 4.74 Å². The maximum absolute atomic E-state index is 12.1. The Morgan fingerprint density at radius 1 is 1.25 bits per heavy atom. The van der Waals surface area contributed by atoms with Crippen LogP contribution in [0, 0.1) is 10.1 Å². The number of carbonyl (C=O) groups is 1. The predicted molar refractivity (Wildman–Crippen MR) is 91.1 cm³/mol. The van der Waals surface area contributed by atoms with Crippen molar-refractivity contribution in [2.75, 3.05) is 26.0 Å². The molecule has 0 spiro atoms. The largest absolute Gasteiger partial charge is 0.497 e. The number of hydrogen-bond donors (Lipinski definition) is 1. The molecule has 24 heavy (non-hydrogen) atoms. The van der Waals surface area contributed by atoms with Crippen LogP contribution < -0.4 is 10.1 Å².